The van der Waals surface area contributed by atoms with E-state index in [1.54, 1.807) is 6.92 Å². The summed E-state index contributed by atoms with van der Waals surface area (Å²) in [5.41, 5.74) is 5.33. The zero-order chi connectivity index (χ0) is 20.4. The summed E-state index contributed by atoms with van der Waals surface area (Å²) < 4.78 is 8.56. The summed E-state index contributed by atoms with van der Waals surface area (Å²) >= 11 is 0. The van der Waals surface area contributed by atoms with E-state index in [1.807, 2.05) is 48.0 Å². The Balaban J connectivity index is 1.69. The summed E-state index contributed by atoms with van der Waals surface area (Å²) in [5.74, 6) is -0.00381. The molecule has 0 radical (unpaired) electrons. The van der Waals surface area contributed by atoms with Gasteiger partial charge in [-0.05, 0) is 44.4 Å². The molecule has 29 heavy (non-hydrogen) atoms. The van der Waals surface area contributed by atoms with E-state index in [0.29, 0.717) is 0 Å². The molecule has 1 fully saturated rings. The molecule has 150 valence electrons. The van der Waals surface area contributed by atoms with Crippen molar-refractivity contribution in [2.24, 2.45) is 0 Å². The summed E-state index contributed by atoms with van der Waals surface area (Å²) in [4.78, 5) is 11.8. The fourth-order valence-corrected chi connectivity index (χ4v) is 4.34. The molecule has 0 saturated carbocycles. The number of nitrogens with one attached hydrogen (secondary N) is 1. The lowest BCUT2D eigenvalue weighted by Gasteiger charge is -2.36. The number of ether oxygens (including phenoxy) is 1. The first-order valence-corrected chi connectivity index (χ1v) is 10.1. The molecule has 0 bridgehead atoms. The van der Waals surface area contributed by atoms with E-state index in [2.05, 4.69) is 36.5 Å². The van der Waals surface area contributed by atoms with Crippen LogP contribution in [0.5, 0.6) is 0 Å². The molecule has 1 aliphatic rings. The number of rotatable bonds is 4. The van der Waals surface area contributed by atoms with Crippen LogP contribution in [0, 0.1) is 13.8 Å². The van der Waals surface area contributed by atoms with E-state index >= 15 is 0 Å². The highest BCUT2D eigenvalue weighted by Crippen LogP contribution is 2.41. The van der Waals surface area contributed by atoms with Crippen LogP contribution in [0.3, 0.4) is 0 Å². The molecule has 1 saturated heterocycles. The van der Waals surface area contributed by atoms with Crippen molar-refractivity contribution in [3.8, 4) is 5.69 Å². The average molecular weight is 389 g/mol. The highest BCUT2D eigenvalue weighted by atomic mass is 16.5. The average Bonchev–Trinajstić information content (AvgIpc) is 3.02. The molecule has 3 aromatic rings. The highest BCUT2D eigenvalue weighted by molar-refractivity contribution is 5.73. The van der Waals surface area contributed by atoms with Gasteiger partial charge >= 0.3 is 0 Å². The number of amides is 1. The largest absolute Gasteiger partial charge is 0.365 e. The first kappa shape index (κ1) is 19.4. The van der Waals surface area contributed by atoms with Gasteiger partial charge < -0.3 is 10.1 Å². The Morgan fingerprint density at radius 1 is 1.00 bits per heavy atom. The molecule has 1 amide bonds. The lowest BCUT2D eigenvalue weighted by atomic mass is 9.90. The Morgan fingerprint density at radius 2 is 1.62 bits per heavy atom. The molecule has 1 N–H and O–H groups in total. The van der Waals surface area contributed by atoms with Crippen molar-refractivity contribution >= 4 is 5.91 Å². The third-order valence-corrected chi connectivity index (χ3v) is 5.57. The van der Waals surface area contributed by atoms with E-state index in [9.17, 15) is 4.79 Å². The van der Waals surface area contributed by atoms with Crippen molar-refractivity contribution in [2.45, 2.75) is 51.9 Å². The van der Waals surface area contributed by atoms with E-state index in [4.69, 9.17) is 9.84 Å². The van der Waals surface area contributed by atoms with Crippen LogP contribution in [0.25, 0.3) is 5.69 Å². The molecule has 3 atom stereocenters. The van der Waals surface area contributed by atoms with Crippen LogP contribution < -0.4 is 5.32 Å². The minimum absolute atomic E-state index is 0.00381. The second-order valence-corrected chi connectivity index (χ2v) is 7.72. The van der Waals surface area contributed by atoms with Gasteiger partial charge in [-0.15, -0.1) is 0 Å². The Hall–Kier alpha value is -2.92. The van der Waals surface area contributed by atoms with Crippen molar-refractivity contribution in [2.75, 3.05) is 0 Å². The molecule has 0 aliphatic carbocycles. The molecule has 1 aromatic heterocycles. The summed E-state index contributed by atoms with van der Waals surface area (Å²) in [6, 6.07) is 20.4. The number of hydrogen-bond donors (Lipinski definition) is 1. The Morgan fingerprint density at radius 3 is 2.28 bits per heavy atom. The summed E-state index contributed by atoms with van der Waals surface area (Å²) in [6.07, 6.45) is 1.32. The number of aryl methyl sites for hydroxylation is 1. The van der Waals surface area contributed by atoms with Gasteiger partial charge in [-0.1, -0.05) is 48.5 Å². The monoisotopic (exact) mass is 389 g/mol. The van der Waals surface area contributed by atoms with Gasteiger partial charge in [0, 0.05) is 24.2 Å². The second-order valence-electron chi connectivity index (χ2n) is 7.72. The van der Waals surface area contributed by atoms with Crippen molar-refractivity contribution in [3.05, 3.63) is 83.2 Å². The lowest BCUT2D eigenvalue weighted by molar-refractivity contribution is -0.122. The van der Waals surface area contributed by atoms with Crippen molar-refractivity contribution in [1.29, 1.82) is 0 Å². The van der Waals surface area contributed by atoms with E-state index in [0.717, 1.165) is 41.0 Å². The number of nitrogens with zero attached hydrogens (tertiary/aromatic N) is 2. The molecule has 2 aromatic carbocycles. The number of aromatic nitrogens is 2. The summed E-state index contributed by atoms with van der Waals surface area (Å²) in [6.45, 7) is 5.70. The predicted octanol–water partition coefficient (Wildman–Crippen LogP) is 4.59. The van der Waals surface area contributed by atoms with Gasteiger partial charge in [0.15, 0.2) is 0 Å². The molecule has 2 heterocycles. The molecule has 0 spiro atoms. The minimum Gasteiger partial charge on any atom is -0.365 e. The van der Waals surface area contributed by atoms with Crippen molar-refractivity contribution in [3.63, 3.8) is 0 Å². The number of benzene rings is 2. The number of hydrogen-bond acceptors (Lipinski definition) is 3. The second kappa shape index (κ2) is 8.21. The fraction of sp³-hybridized carbons (Fsp3) is 0.333. The van der Waals surface area contributed by atoms with Crippen molar-refractivity contribution < 1.29 is 9.53 Å². The van der Waals surface area contributed by atoms with Crippen LogP contribution in [0.2, 0.25) is 0 Å². The normalized spacial score (nSPS) is 21.7. The van der Waals surface area contributed by atoms with Gasteiger partial charge in [-0.3, -0.25) is 4.79 Å². The number of para-hydroxylation sites is 1. The first-order valence-electron chi connectivity index (χ1n) is 10.1. The molecule has 1 aliphatic heterocycles. The highest BCUT2D eigenvalue weighted by Gasteiger charge is 2.34. The van der Waals surface area contributed by atoms with E-state index in [-0.39, 0.29) is 24.2 Å². The van der Waals surface area contributed by atoms with Gasteiger partial charge in [-0.25, -0.2) is 4.68 Å². The van der Waals surface area contributed by atoms with Crippen LogP contribution in [-0.2, 0) is 9.53 Å². The molecular formula is C24H27N3O2. The SMILES string of the molecule is CC(=O)N[C@H]1C[C@@H](c2ccccc2)O[C@@H](c2c(C)nn(-c3ccccc3)c2C)C1. The standard InChI is InChI=1S/C24H27N3O2/c1-16-24(17(2)27(26-16)21-12-8-5-9-13-21)23-15-20(25-18(3)28)14-22(29-23)19-10-6-4-7-11-19/h4-13,20,22-23H,14-15H2,1-3H3,(H,25,28)/t20-,22-,23+/m0/s1. The maximum atomic E-state index is 11.8. The first-order chi connectivity index (χ1) is 14.0. The fourth-order valence-electron chi connectivity index (χ4n) is 4.34. The third-order valence-electron chi connectivity index (χ3n) is 5.57. The van der Waals surface area contributed by atoms with Gasteiger partial charge in [0.25, 0.3) is 0 Å². The van der Waals surface area contributed by atoms with Gasteiger partial charge in [0.1, 0.15) is 0 Å². The number of carbonyl (C=O) groups is 1. The Bertz CT molecular complexity index is 982. The minimum atomic E-state index is -0.122. The Kier molecular flexibility index (Phi) is 5.49. The van der Waals surface area contributed by atoms with Gasteiger partial charge in [0.2, 0.25) is 5.91 Å². The molecular weight excluding hydrogens is 362 g/mol. The molecule has 4 rings (SSSR count). The molecule has 5 heteroatoms. The zero-order valence-corrected chi connectivity index (χ0v) is 17.1. The quantitative estimate of drug-likeness (QED) is 0.710. The van der Waals surface area contributed by atoms with Crippen LogP contribution in [0.15, 0.2) is 60.7 Å². The predicted molar refractivity (Wildman–Crippen MR) is 113 cm³/mol. The van der Waals surface area contributed by atoms with Gasteiger partial charge in [0.05, 0.1) is 23.6 Å². The van der Waals surface area contributed by atoms with E-state index < -0.39 is 0 Å². The maximum absolute atomic E-state index is 11.8. The lowest BCUT2D eigenvalue weighted by Crippen LogP contribution is -2.40. The van der Waals surface area contributed by atoms with Crippen LogP contribution in [0.4, 0.5) is 0 Å². The molecule has 5 nitrogen and oxygen atoms in total. The third kappa shape index (κ3) is 4.10. The van der Waals surface area contributed by atoms with Gasteiger partial charge in [-0.2, -0.15) is 5.10 Å². The Labute approximate surface area is 171 Å². The maximum Gasteiger partial charge on any atom is 0.217 e. The molecule has 0 unspecified atom stereocenters. The topological polar surface area (TPSA) is 56.1 Å². The van der Waals surface area contributed by atoms with Crippen molar-refractivity contribution in [1.82, 2.24) is 15.1 Å². The summed E-state index contributed by atoms with van der Waals surface area (Å²) in [5, 5.41) is 7.90. The van der Waals surface area contributed by atoms with Crippen LogP contribution >= 0.6 is 0 Å². The zero-order valence-electron chi connectivity index (χ0n) is 17.1. The van der Waals surface area contributed by atoms with Crippen LogP contribution in [-0.4, -0.2) is 21.7 Å². The number of carbonyl (C=O) groups excluding carboxylic acids is 1. The summed E-state index contributed by atoms with van der Waals surface area (Å²) in [7, 11) is 0. The van der Waals surface area contributed by atoms with E-state index in [1.165, 1.54) is 0 Å². The van der Waals surface area contributed by atoms with Crippen LogP contribution in [0.1, 0.15) is 54.5 Å². The smallest absolute Gasteiger partial charge is 0.217 e.